The third-order valence-corrected chi connectivity index (χ3v) is 5.91. The van der Waals surface area contributed by atoms with Crippen LogP contribution in [0.5, 0.6) is 5.75 Å². The number of halogens is 3. The third kappa shape index (κ3) is 3.28. The molecule has 4 nitrogen and oxygen atoms in total. The predicted molar refractivity (Wildman–Crippen MR) is 90.4 cm³/mol. The Morgan fingerprint density at radius 3 is 2.36 bits per heavy atom. The van der Waals surface area contributed by atoms with Crippen molar-refractivity contribution in [3.8, 4) is 5.75 Å². The van der Waals surface area contributed by atoms with Gasteiger partial charge in [0.15, 0.2) is 0 Å². The molecule has 0 atom stereocenters. The third-order valence-electron chi connectivity index (χ3n) is 3.03. The first kappa shape index (κ1) is 17.2. The molecule has 0 N–H and O–H groups in total. The van der Waals surface area contributed by atoms with E-state index in [4.69, 9.17) is 4.74 Å². The number of hydrogen-bond acceptors (Lipinski definition) is 3. The van der Waals surface area contributed by atoms with E-state index in [0.717, 1.165) is 4.31 Å². The van der Waals surface area contributed by atoms with Gasteiger partial charge in [-0.3, -0.25) is 4.31 Å². The molecule has 0 heterocycles. The molecule has 22 heavy (non-hydrogen) atoms. The summed E-state index contributed by atoms with van der Waals surface area (Å²) in [6, 6.07) is 8.55. The van der Waals surface area contributed by atoms with Gasteiger partial charge in [-0.05, 0) is 52.3 Å². The van der Waals surface area contributed by atoms with Crippen molar-refractivity contribution < 1.29 is 17.5 Å². The minimum Gasteiger partial charge on any atom is -0.496 e. The van der Waals surface area contributed by atoms with Crippen LogP contribution in [0.4, 0.5) is 10.1 Å². The lowest BCUT2D eigenvalue weighted by atomic mass is 10.3. The first-order valence-corrected chi connectivity index (χ1v) is 9.07. The summed E-state index contributed by atoms with van der Waals surface area (Å²) >= 11 is 6.38. The molecule has 0 radical (unpaired) electrons. The quantitative estimate of drug-likeness (QED) is 0.698. The first-order valence-electron chi connectivity index (χ1n) is 6.05. The highest BCUT2D eigenvalue weighted by Crippen LogP contribution is 2.31. The predicted octanol–water partition coefficient (Wildman–Crippen LogP) is 4.18. The molecule has 0 aromatic heterocycles. The van der Waals surface area contributed by atoms with Gasteiger partial charge < -0.3 is 4.74 Å². The number of anilines is 1. The Kier molecular flexibility index (Phi) is 5.14. The Morgan fingerprint density at radius 1 is 1.14 bits per heavy atom. The van der Waals surface area contributed by atoms with E-state index >= 15 is 0 Å². The fourth-order valence-electron chi connectivity index (χ4n) is 1.83. The highest BCUT2D eigenvalue weighted by molar-refractivity contribution is 9.10. The molecule has 0 bridgehead atoms. The van der Waals surface area contributed by atoms with Crippen molar-refractivity contribution in [3.05, 3.63) is 51.2 Å². The minimum atomic E-state index is -3.88. The van der Waals surface area contributed by atoms with Crippen LogP contribution in [-0.4, -0.2) is 22.6 Å². The van der Waals surface area contributed by atoms with Crippen LogP contribution < -0.4 is 9.04 Å². The van der Waals surface area contributed by atoms with E-state index in [2.05, 4.69) is 31.9 Å². The van der Waals surface area contributed by atoms with Gasteiger partial charge >= 0.3 is 0 Å². The highest BCUT2D eigenvalue weighted by atomic mass is 79.9. The molecule has 8 heteroatoms. The average Bonchev–Trinajstić information content (AvgIpc) is 2.46. The zero-order valence-electron chi connectivity index (χ0n) is 11.7. The fraction of sp³-hybridized carbons (Fsp3) is 0.143. The zero-order valence-corrected chi connectivity index (χ0v) is 15.7. The largest absolute Gasteiger partial charge is 0.496 e. The summed E-state index contributed by atoms with van der Waals surface area (Å²) in [6.07, 6.45) is 0. The van der Waals surface area contributed by atoms with Gasteiger partial charge in [0.1, 0.15) is 11.6 Å². The maximum Gasteiger partial charge on any atom is 0.264 e. The number of sulfonamides is 1. The van der Waals surface area contributed by atoms with Gasteiger partial charge in [-0.25, -0.2) is 12.8 Å². The number of benzene rings is 2. The van der Waals surface area contributed by atoms with Gasteiger partial charge in [-0.15, -0.1) is 0 Å². The Morgan fingerprint density at radius 2 is 1.82 bits per heavy atom. The molecule has 2 aromatic carbocycles. The van der Waals surface area contributed by atoms with E-state index < -0.39 is 15.8 Å². The Labute approximate surface area is 145 Å². The van der Waals surface area contributed by atoms with Crippen LogP contribution in [0.2, 0.25) is 0 Å². The highest BCUT2D eigenvalue weighted by Gasteiger charge is 2.24. The van der Waals surface area contributed by atoms with Gasteiger partial charge in [-0.2, -0.15) is 0 Å². The first-order chi connectivity index (χ1) is 10.3. The summed E-state index contributed by atoms with van der Waals surface area (Å²) in [5, 5.41) is 0. The van der Waals surface area contributed by atoms with Gasteiger partial charge in [0.05, 0.1) is 22.2 Å². The molecule has 0 fully saturated rings. The molecular formula is C14H12Br2FNO3S. The Bertz CT molecular complexity index is 812. The molecule has 0 saturated heterocycles. The standard InChI is InChI=1S/C14H12Br2FNO3S/c1-18(13-5-3-9(15)7-12(13)17)22(19,20)10-4-6-14(21-2)11(16)8-10/h3-8H,1-2H3. The maximum absolute atomic E-state index is 14.0. The van der Waals surface area contributed by atoms with E-state index in [-0.39, 0.29) is 10.6 Å². The second-order valence-electron chi connectivity index (χ2n) is 4.36. The molecule has 0 spiro atoms. The number of rotatable bonds is 4. The van der Waals surface area contributed by atoms with E-state index in [0.29, 0.717) is 14.7 Å². The van der Waals surface area contributed by atoms with Crippen LogP contribution in [0.15, 0.2) is 50.2 Å². The number of ether oxygens (including phenoxy) is 1. The lowest BCUT2D eigenvalue weighted by molar-refractivity contribution is 0.411. The van der Waals surface area contributed by atoms with Crippen LogP contribution in [0.3, 0.4) is 0 Å². The van der Waals surface area contributed by atoms with Crippen molar-refractivity contribution in [2.75, 3.05) is 18.5 Å². The van der Waals surface area contributed by atoms with Crippen molar-refractivity contribution in [3.63, 3.8) is 0 Å². The van der Waals surface area contributed by atoms with Gasteiger partial charge in [0, 0.05) is 11.5 Å². The monoisotopic (exact) mass is 451 g/mol. The topological polar surface area (TPSA) is 46.6 Å². The average molecular weight is 453 g/mol. The van der Waals surface area contributed by atoms with Crippen LogP contribution in [0.1, 0.15) is 0 Å². The lowest BCUT2D eigenvalue weighted by Crippen LogP contribution is -2.27. The molecule has 2 rings (SSSR count). The van der Waals surface area contributed by atoms with Crippen LogP contribution >= 0.6 is 31.9 Å². The van der Waals surface area contributed by atoms with E-state index in [9.17, 15) is 12.8 Å². The summed E-state index contributed by atoms with van der Waals surface area (Å²) in [5.41, 5.74) is -0.0323. The summed E-state index contributed by atoms with van der Waals surface area (Å²) in [6.45, 7) is 0. The molecule has 118 valence electrons. The normalized spacial score (nSPS) is 11.3. The minimum absolute atomic E-state index is 0.0323. The number of hydrogen-bond donors (Lipinski definition) is 0. The van der Waals surface area contributed by atoms with E-state index in [1.54, 1.807) is 6.07 Å². The molecule has 0 saturated carbocycles. The molecule has 0 aliphatic heterocycles. The summed E-state index contributed by atoms with van der Waals surface area (Å²) in [5.74, 6) is -0.121. The van der Waals surface area contributed by atoms with Crippen LogP contribution in [-0.2, 0) is 10.0 Å². The second-order valence-corrected chi connectivity index (χ2v) is 8.10. The lowest BCUT2D eigenvalue weighted by Gasteiger charge is -2.20. The second kappa shape index (κ2) is 6.55. The summed E-state index contributed by atoms with van der Waals surface area (Å²) in [4.78, 5) is 0.0324. The molecule has 0 aliphatic carbocycles. The smallest absolute Gasteiger partial charge is 0.264 e. The summed E-state index contributed by atoms with van der Waals surface area (Å²) < 4.78 is 46.2. The fourth-order valence-corrected chi connectivity index (χ4v) is 4.09. The molecule has 0 amide bonds. The number of nitrogens with zero attached hydrogens (tertiary/aromatic N) is 1. The van der Waals surface area contributed by atoms with Crippen molar-refractivity contribution in [2.45, 2.75) is 4.90 Å². The zero-order chi connectivity index (χ0) is 16.5. The molecule has 0 aliphatic rings. The Balaban J connectivity index is 2.47. The van der Waals surface area contributed by atoms with Gasteiger partial charge in [-0.1, -0.05) is 15.9 Å². The maximum atomic E-state index is 14.0. The van der Waals surface area contributed by atoms with E-state index in [1.807, 2.05) is 0 Å². The van der Waals surface area contributed by atoms with Crippen LogP contribution in [0, 0.1) is 5.82 Å². The van der Waals surface area contributed by atoms with Crippen molar-refractivity contribution in [1.29, 1.82) is 0 Å². The Hall–Kier alpha value is -1.12. The summed E-state index contributed by atoms with van der Waals surface area (Å²) in [7, 11) is -1.09. The molecular weight excluding hydrogens is 441 g/mol. The SMILES string of the molecule is COc1ccc(S(=O)(=O)N(C)c2ccc(Br)cc2F)cc1Br. The van der Waals surface area contributed by atoms with Crippen molar-refractivity contribution in [1.82, 2.24) is 0 Å². The van der Waals surface area contributed by atoms with E-state index in [1.165, 1.54) is 44.5 Å². The van der Waals surface area contributed by atoms with Crippen molar-refractivity contribution >= 4 is 47.6 Å². The number of methoxy groups -OCH3 is 1. The van der Waals surface area contributed by atoms with Gasteiger partial charge in [0.25, 0.3) is 10.0 Å². The van der Waals surface area contributed by atoms with Crippen molar-refractivity contribution in [2.24, 2.45) is 0 Å². The van der Waals surface area contributed by atoms with Crippen LogP contribution in [0.25, 0.3) is 0 Å². The molecule has 2 aromatic rings. The molecule has 0 unspecified atom stereocenters. The van der Waals surface area contributed by atoms with Gasteiger partial charge in [0.2, 0.25) is 0 Å².